The zero-order chi connectivity index (χ0) is 21.5. The number of ether oxygens (including phenoxy) is 3. The topological polar surface area (TPSA) is 44.8 Å². The fourth-order valence-corrected chi connectivity index (χ4v) is 8.88. The van der Waals surface area contributed by atoms with Gasteiger partial charge in [-0.05, 0) is 42.4 Å². The SMILES string of the molecule is CC[C@@H]1CC(=O)[C@@H]2[C@H](C13OCCO3)[C@]13C=C[C@@]2(c2ccc(OC)cc2)[C@@]1(C)CCCC3. The van der Waals surface area contributed by atoms with Crippen LogP contribution in [0.15, 0.2) is 36.4 Å². The molecule has 31 heavy (non-hydrogen) atoms. The second-order valence-corrected chi connectivity index (χ2v) is 10.7. The minimum absolute atomic E-state index is 0.0111. The van der Waals surface area contributed by atoms with E-state index < -0.39 is 5.79 Å². The number of benzene rings is 1. The minimum atomic E-state index is -0.620. The average molecular weight is 423 g/mol. The molecule has 3 saturated carbocycles. The number of rotatable bonds is 3. The van der Waals surface area contributed by atoms with Crippen LogP contribution in [0, 0.1) is 28.6 Å². The quantitative estimate of drug-likeness (QED) is 0.639. The Kier molecular flexibility index (Phi) is 4.16. The lowest BCUT2D eigenvalue weighted by Crippen LogP contribution is -2.60. The molecule has 1 saturated heterocycles. The van der Waals surface area contributed by atoms with E-state index in [2.05, 4.69) is 50.3 Å². The van der Waals surface area contributed by atoms with Gasteiger partial charge in [-0.25, -0.2) is 0 Å². The molecule has 1 aromatic carbocycles. The van der Waals surface area contributed by atoms with Gasteiger partial charge in [-0.1, -0.05) is 51.0 Å². The second-order valence-electron chi connectivity index (χ2n) is 10.7. The Morgan fingerprint density at radius 3 is 2.45 bits per heavy atom. The molecule has 0 amide bonds. The first kappa shape index (κ1) is 20.0. The zero-order valence-corrected chi connectivity index (χ0v) is 19.0. The molecule has 1 aromatic rings. The molecule has 2 bridgehead atoms. The Morgan fingerprint density at radius 2 is 1.77 bits per heavy atom. The van der Waals surface area contributed by atoms with Gasteiger partial charge in [0.05, 0.1) is 20.3 Å². The first-order chi connectivity index (χ1) is 15.0. The predicted molar refractivity (Wildman–Crippen MR) is 118 cm³/mol. The zero-order valence-electron chi connectivity index (χ0n) is 19.0. The van der Waals surface area contributed by atoms with Crippen LogP contribution in [0.25, 0.3) is 0 Å². The summed E-state index contributed by atoms with van der Waals surface area (Å²) >= 11 is 0. The fourth-order valence-electron chi connectivity index (χ4n) is 8.88. The maximum Gasteiger partial charge on any atom is 0.176 e. The van der Waals surface area contributed by atoms with Crippen LogP contribution in [0.5, 0.6) is 5.75 Å². The second kappa shape index (κ2) is 6.45. The van der Waals surface area contributed by atoms with Crippen molar-refractivity contribution in [1.82, 2.24) is 0 Å². The maximum atomic E-state index is 14.0. The minimum Gasteiger partial charge on any atom is -0.497 e. The van der Waals surface area contributed by atoms with Crippen molar-refractivity contribution in [1.29, 1.82) is 0 Å². The van der Waals surface area contributed by atoms with Gasteiger partial charge in [0.25, 0.3) is 0 Å². The highest BCUT2D eigenvalue weighted by Gasteiger charge is 2.82. The van der Waals surface area contributed by atoms with Gasteiger partial charge in [-0.2, -0.15) is 0 Å². The summed E-state index contributed by atoms with van der Waals surface area (Å²) in [6, 6.07) is 8.50. The van der Waals surface area contributed by atoms with E-state index in [1.54, 1.807) is 7.11 Å². The number of hydrogen-bond acceptors (Lipinski definition) is 4. The Labute approximate surface area is 185 Å². The lowest BCUT2D eigenvalue weighted by atomic mass is 9.52. The van der Waals surface area contributed by atoms with Gasteiger partial charge >= 0.3 is 0 Å². The largest absolute Gasteiger partial charge is 0.497 e. The van der Waals surface area contributed by atoms with Crippen LogP contribution >= 0.6 is 0 Å². The van der Waals surface area contributed by atoms with Crippen LogP contribution in [0.2, 0.25) is 0 Å². The van der Waals surface area contributed by atoms with Crippen LogP contribution in [0.4, 0.5) is 0 Å². The van der Waals surface area contributed by atoms with Crippen molar-refractivity contribution in [3.8, 4) is 5.75 Å². The monoisotopic (exact) mass is 422 g/mol. The van der Waals surface area contributed by atoms with Gasteiger partial charge in [-0.15, -0.1) is 0 Å². The van der Waals surface area contributed by atoms with E-state index in [1.807, 2.05) is 0 Å². The maximum absolute atomic E-state index is 14.0. The molecule has 166 valence electrons. The highest BCUT2D eigenvalue weighted by atomic mass is 16.7. The number of allylic oxidation sites excluding steroid dienone is 2. The summed E-state index contributed by atoms with van der Waals surface area (Å²) in [6.45, 7) is 5.93. The normalized spacial score (nSPS) is 44.5. The van der Waals surface area contributed by atoms with E-state index >= 15 is 0 Å². The van der Waals surface area contributed by atoms with Crippen LogP contribution < -0.4 is 4.74 Å². The van der Waals surface area contributed by atoms with Crippen molar-refractivity contribution in [3.05, 3.63) is 42.0 Å². The molecule has 6 atom stereocenters. The number of methoxy groups -OCH3 is 1. The molecule has 0 radical (unpaired) electrons. The summed E-state index contributed by atoms with van der Waals surface area (Å²) in [5, 5.41) is 0. The van der Waals surface area contributed by atoms with Crippen molar-refractivity contribution in [2.75, 3.05) is 20.3 Å². The molecule has 1 heterocycles. The van der Waals surface area contributed by atoms with Crippen LogP contribution in [-0.2, 0) is 19.7 Å². The lowest BCUT2D eigenvalue weighted by molar-refractivity contribution is -0.270. The lowest BCUT2D eigenvalue weighted by Gasteiger charge is -2.55. The first-order valence-electron chi connectivity index (χ1n) is 12.1. The van der Waals surface area contributed by atoms with Gasteiger partial charge in [-0.3, -0.25) is 4.79 Å². The molecule has 4 nitrogen and oxygen atoms in total. The molecule has 0 unspecified atom stereocenters. The molecule has 4 fully saturated rings. The van der Waals surface area contributed by atoms with Crippen LogP contribution in [0.1, 0.15) is 57.9 Å². The summed E-state index contributed by atoms with van der Waals surface area (Å²) in [6.07, 6.45) is 11.1. The predicted octanol–water partition coefficient (Wildman–Crippen LogP) is 5.06. The number of hydrogen-bond donors (Lipinski definition) is 0. The summed E-state index contributed by atoms with van der Waals surface area (Å²) in [5.41, 5.74) is 0.884. The number of carbonyl (C=O) groups is 1. The molecule has 4 heteroatoms. The van der Waals surface area contributed by atoms with E-state index in [4.69, 9.17) is 14.2 Å². The smallest absolute Gasteiger partial charge is 0.176 e. The number of Topliss-reactive ketones (excluding diaryl/α,β-unsaturated/α-hetero) is 1. The van der Waals surface area contributed by atoms with Gasteiger partial charge in [0.2, 0.25) is 0 Å². The van der Waals surface area contributed by atoms with Crippen LogP contribution in [0.3, 0.4) is 0 Å². The van der Waals surface area contributed by atoms with E-state index in [9.17, 15) is 4.79 Å². The molecule has 1 aliphatic heterocycles. The molecular weight excluding hydrogens is 388 g/mol. The molecule has 0 N–H and O–H groups in total. The number of carbonyl (C=O) groups excluding carboxylic acids is 1. The third-order valence-electron chi connectivity index (χ3n) is 10.1. The average Bonchev–Trinajstić information content (AvgIpc) is 3.43. The standard InChI is InChI=1S/C27H34O4/c1-4-18-17-21(28)22-23(27(18)30-15-16-31-27)25-12-6-5-11-24(25,2)26(22,14-13-25)19-7-9-20(29-3)10-8-19/h7-10,13-14,18,22-23H,4-6,11-12,15-17H2,1-3H3/t18-,22-,23+,24+,25+,26+/m1/s1. The third-order valence-corrected chi connectivity index (χ3v) is 10.1. The molecule has 5 aliphatic rings. The van der Waals surface area contributed by atoms with Gasteiger partial charge < -0.3 is 14.2 Å². The third kappa shape index (κ3) is 2.08. The van der Waals surface area contributed by atoms with E-state index in [0.717, 1.165) is 25.0 Å². The van der Waals surface area contributed by atoms with E-state index in [0.29, 0.717) is 25.4 Å². The highest BCUT2D eigenvalue weighted by Crippen LogP contribution is 2.81. The van der Waals surface area contributed by atoms with Gasteiger partial charge in [0.15, 0.2) is 5.79 Å². The Balaban J connectivity index is 1.61. The molecule has 1 spiro atoms. The summed E-state index contributed by atoms with van der Waals surface area (Å²) in [5.74, 6) is 0.796. The summed E-state index contributed by atoms with van der Waals surface area (Å²) in [7, 11) is 1.70. The van der Waals surface area contributed by atoms with Gasteiger partial charge in [0.1, 0.15) is 11.5 Å². The van der Waals surface area contributed by atoms with Crippen molar-refractivity contribution < 1.29 is 19.0 Å². The van der Waals surface area contributed by atoms with Crippen molar-refractivity contribution in [3.63, 3.8) is 0 Å². The van der Waals surface area contributed by atoms with Crippen molar-refractivity contribution >= 4 is 5.78 Å². The molecule has 0 aromatic heterocycles. The fraction of sp³-hybridized carbons (Fsp3) is 0.667. The first-order valence-corrected chi connectivity index (χ1v) is 12.1. The molecule has 4 aliphatic carbocycles. The van der Waals surface area contributed by atoms with Crippen molar-refractivity contribution in [2.24, 2.45) is 28.6 Å². The van der Waals surface area contributed by atoms with Gasteiger partial charge in [0, 0.05) is 35.0 Å². The van der Waals surface area contributed by atoms with Crippen molar-refractivity contribution in [2.45, 2.75) is 63.6 Å². The van der Waals surface area contributed by atoms with E-state index in [-0.39, 0.29) is 34.0 Å². The Bertz CT molecular complexity index is 929. The summed E-state index contributed by atoms with van der Waals surface area (Å²) < 4.78 is 18.6. The Morgan fingerprint density at radius 1 is 1.06 bits per heavy atom. The van der Waals surface area contributed by atoms with E-state index in [1.165, 1.54) is 18.4 Å². The number of ketones is 1. The Hall–Kier alpha value is -1.65. The summed E-state index contributed by atoms with van der Waals surface area (Å²) in [4.78, 5) is 14.0. The highest BCUT2D eigenvalue weighted by molar-refractivity contribution is 5.87. The van der Waals surface area contributed by atoms with Crippen LogP contribution in [-0.4, -0.2) is 31.9 Å². The number of fused-ring (bicyclic) bond motifs is 3. The molecule has 6 rings (SSSR count). The molecular formula is C27H34O4.